The van der Waals surface area contributed by atoms with Crippen molar-refractivity contribution in [2.24, 2.45) is 0 Å². The fourth-order valence-corrected chi connectivity index (χ4v) is 4.55. The van der Waals surface area contributed by atoms with Gasteiger partial charge in [-0.05, 0) is 31.2 Å². The molecule has 0 saturated carbocycles. The molecular weight excluding hydrogens is 426 g/mol. The van der Waals surface area contributed by atoms with Crippen LogP contribution in [0.5, 0.6) is 0 Å². The molecule has 0 radical (unpaired) electrons. The van der Waals surface area contributed by atoms with Crippen LogP contribution >= 0.6 is 11.6 Å². The van der Waals surface area contributed by atoms with E-state index in [1.807, 2.05) is 41.0 Å². The summed E-state index contributed by atoms with van der Waals surface area (Å²) in [5.74, 6) is 1.72. The van der Waals surface area contributed by atoms with Crippen molar-refractivity contribution in [3.8, 4) is 0 Å². The van der Waals surface area contributed by atoms with Crippen molar-refractivity contribution < 1.29 is 5.11 Å². The highest BCUT2D eigenvalue weighted by molar-refractivity contribution is 6.35. The number of β-amino-alcohol motifs (C(OH)–C–C–N with tert-alkyl or cyclic N) is 1. The Bertz CT molecular complexity index is 1240. The zero-order valence-electron chi connectivity index (χ0n) is 17.9. The van der Waals surface area contributed by atoms with E-state index < -0.39 is 0 Å². The van der Waals surface area contributed by atoms with Crippen LogP contribution in [0.2, 0.25) is 5.02 Å². The van der Waals surface area contributed by atoms with Crippen molar-refractivity contribution in [3.05, 3.63) is 59.5 Å². The number of halogens is 1. The van der Waals surface area contributed by atoms with Gasteiger partial charge in [-0.25, -0.2) is 14.5 Å². The van der Waals surface area contributed by atoms with Crippen LogP contribution in [0.1, 0.15) is 18.5 Å². The summed E-state index contributed by atoms with van der Waals surface area (Å²) in [6.45, 7) is 6.49. The van der Waals surface area contributed by atoms with Crippen molar-refractivity contribution >= 4 is 39.7 Å². The highest BCUT2D eigenvalue weighted by Gasteiger charge is 2.24. The number of fused-ring (bicyclic) bond motifs is 2. The second-order valence-corrected chi connectivity index (χ2v) is 8.48. The SMILES string of the molecule is C[C@H](Nc1ncnn2cccc12)c1cc2cccc(Cl)c2nc1N1CCN(CCO)CC1. The van der Waals surface area contributed by atoms with Gasteiger partial charge < -0.3 is 15.3 Å². The van der Waals surface area contributed by atoms with Crippen LogP contribution in [0, 0.1) is 0 Å². The molecule has 0 unspecified atom stereocenters. The zero-order chi connectivity index (χ0) is 22.1. The monoisotopic (exact) mass is 451 g/mol. The number of nitrogens with one attached hydrogen (secondary N) is 1. The van der Waals surface area contributed by atoms with Gasteiger partial charge in [0.1, 0.15) is 17.7 Å². The molecule has 0 aliphatic carbocycles. The lowest BCUT2D eigenvalue weighted by molar-refractivity contribution is 0.188. The number of hydrogen-bond acceptors (Lipinski definition) is 7. The van der Waals surface area contributed by atoms with E-state index in [0.29, 0.717) is 11.6 Å². The number of hydrogen-bond donors (Lipinski definition) is 2. The van der Waals surface area contributed by atoms with Crippen LogP contribution in [-0.4, -0.2) is 68.9 Å². The highest BCUT2D eigenvalue weighted by Crippen LogP contribution is 2.33. The van der Waals surface area contributed by atoms with Crippen molar-refractivity contribution in [1.29, 1.82) is 0 Å². The van der Waals surface area contributed by atoms with E-state index in [-0.39, 0.29) is 12.6 Å². The Kier molecular flexibility index (Phi) is 5.82. The molecular formula is C23H26ClN7O. The summed E-state index contributed by atoms with van der Waals surface area (Å²) in [5.41, 5.74) is 2.84. The normalized spacial score (nSPS) is 16.0. The minimum absolute atomic E-state index is 0.0371. The Hall–Kier alpha value is -2.94. The Labute approximate surface area is 191 Å². The molecule has 4 aromatic rings. The second-order valence-electron chi connectivity index (χ2n) is 8.08. The molecule has 1 aromatic carbocycles. The third-order valence-corrected chi connectivity index (χ3v) is 6.35. The molecule has 5 rings (SSSR count). The third kappa shape index (κ3) is 3.97. The standard InChI is InChI=1S/C23H26ClN7O/c1-16(27-22-20-6-3-7-31(20)26-15-25-22)18-14-17-4-2-5-19(24)21(17)28-23(18)30-10-8-29(9-11-30)12-13-32/h2-7,14-16,32H,8-13H2,1H3,(H,25,26,27)/t16-/m0/s1. The van der Waals surface area contributed by atoms with Crippen LogP contribution in [0.3, 0.4) is 0 Å². The van der Waals surface area contributed by atoms with Gasteiger partial charge in [-0.2, -0.15) is 5.10 Å². The number of piperazine rings is 1. The molecule has 8 nitrogen and oxygen atoms in total. The van der Waals surface area contributed by atoms with Gasteiger partial charge in [0.25, 0.3) is 0 Å². The maximum absolute atomic E-state index is 9.26. The average Bonchev–Trinajstić information content (AvgIpc) is 3.29. The molecule has 4 heterocycles. The summed E-state index contributed by atoms with van der Waals surface area (Å²) in [5, 5.41) is 18.7. The molecule has 0 spiro atoms. The first-order valence-corrected chi connectivity index (χ1v) is 11.2. The lowest BCUT2D eigenvalue weighted by atomic mass is 10.0. The topological polar surface area (TPSA) is 81.8 Å². The molecule has 166 valence electrons. The number of rotatable bonds is 6. The first kappa shape index (κ1) is 20.9. The summed E-state index contributed by atoms with van der Waals surface area (Å²) in [6, 6.07) is 12.0. The number of anilines is 2. The number of benzene rings is 1. The van der Waals surface area contributed by atoms with Gasteiger partial charge in [0, 0.05) is 49.9 Å². The largest absolute Gasteiger partial charge is 0.395 e. The number of pyridine rings is 1. The van der Waals surface area contributed by atoms with E-state index in [9.17, 15) is 5.11 Å². The van der Waals surface area contributed by atoms with Gasteiger partial charge in [0.15, 0.2) is 5.82 Å². The summed E-state index contributed by atoms with van der Waals surface area (Å²) in [7, 11) is 0. The van der Waals surface area contributed by atoms with Gasteiger partial charge in [-0.1, -0.05) is 23.7 Å². The molecule has 1 aliphatic rings. The van der Waals surface area contributed by atoms with Gasteiger partial charge in [0.05, 0.1) is 23.2 Å². The zero-order valence-corrected chi connectivity index (χ0v) is 18.7. The van der Waals surface area contributed by atoms with E-state index >= 15 is 0 Å². The fourth-order valence-electron chi connectivity index (χ4n) is 4.33. The third-order valence-electron chi connectivity index (χ3n) is 6.05. The minimum atomic E-state index is -0.0371. The van der Waals surface area contributed by atoms with E-state index in [0.717, 1.165) is 59.8 Å². The average molecular weight is 452 g/mol. The van der Waals surface area contributed by atoms with Gasteiger partial charge in [-0.15, -0.1) is 0 Å². The molecule has 1 aliphatic heterocycles. The first-order valence-electron chi connectivity index (χ1n) is 10.9. The molecule has 1 atom stereocenters. The molecule has 1 fully saturated rings. The van der Waals surface area contributed by atoms with E-state index in [4.69, 9.17) is 16.6 Å². The van der Waals surface area contributed by atoms with Crippen LogP contribution < -0.4 is 10.2 Å². The molecule has 0 amide bonds. The Morgan fingerprint density at radius 3 is 2.81 bits per heavy atom. The summed E-state index contributed by atoms with van der Waals surface area (Å²) >= 11 is 6.49. The Balaban J connectivity index is 1.52. The number of para-hydroxylation sites is 1. The number of aliphatic hydroxyl groups excluding tert-OH is 1. The van der Waals surface area contributed by atoms with Crippen molar-refractivity contribution in [3.63, 3.8) is 0 Å². The van der Waals surface area contributed by atoms with Crippen LogP contribution in [0.4, 0.5) is 11.6 Å². The van der Waals surface area contributed by atoms with Crippen molar-refractivity contribution in [2.45, 2.75) is 13.0 Å². The van der Waals surface area contributed by atoms with E-state index in [2.05, 4.69) is 38.2 Å². The van der Waals surface area contributed by atoms with Gasteiger partial charge in [0.2, 0.25) is 0 Å². The van der Waals surface area contributed by atoms with Crippen LogP contribution in [0.25, 0.3) is 16.4 Å². The minimum Gasteiger partial charge on any atom is -0.395 e. The fraction of sp³-hybridized carbons (Fsp3) is 0.348. The highest BCUT2D eigenvalue weighted by atomic mass is 35.5. The molecule has 1 saturated heterocycles. The first-order chi connectivity index (χ1) is 15.6. The molecule has 3 aromatic heterocycles. The van der Waals surface area contributed by atoms with Crippen molar-refractivity contribution in [2.75, 3.05) is 49.5 Å². The molecule has 0 bridgehead atoms. The maximum atomic E-state index is 9.26. The summed E-state index contributed by atoms with van der Waals surface area (Å²) in [4.78, 5) is 14.1. The predicted molar refractivity (Wildman–Crippen MR) is 128 cm³/mol. The van der Waals surface area contributed by atoms with E-state index in [1.54, 1.807) is 6.33 Å². The van der Waals surface area contributed by atoms with Gasteiger partial charge in [-0.3, -0.25) is 4.90 Å². The Morgan fingerprint density at radius 2 is 2.00 bits per heavy atom. The molecule has 32 heavy (non-hydrogen) atoms. The van der Waals surface area contributed by atoms with Gasteiger partial charge >= 0.3 is 0 Å². The van der Waals surface area contributed by atoms with Crippen LogP contribution in [-0.2, 0) is 0 Å². The van der Waals surface area contributed by atoms with Crippen molar-refractivity contribution in [1.82, 2.24) is 24.5 Å². The summed E-state index contributed by atoms with van der Waals surface area (Å²) < 4.78 is 1.81. The predicted octanol–water partition coefficient (Wildman–Crippen LogP) is 3.22. The number of aromatic nitrogens is 4. The second kappa shape index (κ2) is 8.90. The lowest BCUT2D eigenvalue weighted by Crippen LogP contribution is -2.47. The lowest BCUT2D eigenvalue weighted by Gasteiger charge is -2.36. The quantitative estimate of drug-likeness (QED) is 0.465. The summed E-state index contributed by atoms with van der Waals surface area (Å²) in [6.07, 6.45) is 3.46. The maximum Gasteiger partial charge on any atom is 0.154 e. The van der Waals surface area contributed by atoms with E-state index in [1.165, 1.54) is 0 Å². The molecule has 2 N–H and O–H groups in total. The number of aliphatic hydroxyl groups is 1. The molecule has 9 heteroatoms. The van der Waals surface area contributed by atoms with Crippen LogP contribution in [0.15, 0.2) is 48.9 Å². The Morgan fingerprint density at radius 1 is 1.16 bits per heavy atom. The number of nitrogens with zero attached hydrogens (tertiary/aromatic N) is 6. The smallest absolute Gasteiger partial charge is 0.154 e.